The molecule has 0 radical (unpaired) electrons. The van der Waals surface area contributed by atoms with E-state index in [9.17, 15) is 14.9 Å². The molecule has 4 rings (SSSR count). The molecule has 0 aliphatic rings. The van der Waals surface area contributed by atoms with E-state index in [-0.39, 0.29) is 11.6 Å². The van der Waals surface area contributed by atoms with Gasteiger partial charge in [0.2, 0.25) is 11.8 Å². The Bertz CT molecular complexity index is 1260. The predicted molar refractivity (Wildman–Crippen MR) is 115 cm³/mol. The molecule has 1 N–H and O–H groups in total. The van der Waals surface area contributed by atoms with Crippen LogP contribution in [0.2, 0.25) is 0 Å². The zero-order valence-corrected chi connectivity index (χ0v) is 16.0. The smallest absolute Gasteiger partial charge is 0.270 e. The van der Waals surface area contributed by atoms with Crippen LogP contribution in [-0.4, -0.2) is 15.8 Å². The minimum absolute atomic E-state index is 0.0283. The van der Waals surface area contributed by atoms with Crippen LogP contribution in [-0.2, 0) is 4.79 Å². The SMILES string of the molecule is Cc1ccc(-c2nc3ccccc3o2)cc1NC(=O)/C=C/c1cccc([N+](=O)[O-])c1. The molecule has 30 heavy (non-hydrogen) atoms. The van der Waals surface area contributed by atoms with Gasteiger partial charge in [0, 0.05) is 29.5 Å². The molecule has 1 aromatic heterocycles. The van der Waals surface area contributed by atoms with E-state index in [0.29, 0.717) is 22.7 Å². The number of carbonyl (C=O) groups is 1. The summed E-state index contributed by atoms with van der Waals surface area (Å²) in [6.07, 6.45) is 2.87. The fourth-order valence-corrected chi connectivity index (χ4v) is 2.97. The van der Waals surface area contributed by atoms with Crippen molar-refractivity contribution in [2.75, 3.05) is 5.32 Å². The summed E-state index contributed by atoms with van der Waals surface area (Å²) in [6, 6.07) is 19.1. The molecule has 148 valence electrons. The van der Waals surface area contributed by atoms with E-state index in [1.165, 1.54) is 24.3 Å². The van der Waals surface area contributed by atoms with Crippen LogP contribution in [0.5, 0.6) is 0 Å². The molecular weight excluding hydrogens is 382 g/mol. The van der Waals surface area contributed by atoms with E-state index in [2.05, 4.69) is 10.3 Å². The Morgan fingerprint density at radius 3 is 2.73 bits per heavy atom. The van der Waals surface area contributed by atoms with Gasteiger partial charge in [-0.3, -0.25) is 14.9 Å². The van der Waals surface area contributed by atoms with Gasteiger partial charge in [-0.1, -0.05) is 30.3 Å². The molecule has 0 fully saturated rings. The lowest BCUT2D eigenvalue weighted by atomic mass is 10.1. The summed E-state index contributed by atoms with van der Waals surface area (Å²) in [4.78, 5) is 27.2. The number of hydrogen-bond donors (Lipinski definition) is 1. The standard InChI is InChI=1S/C23H17N3O4/c1-15-9-11-17(23-25-19-7-2-3-8-21(19)30-23)14-20(15)24-22(27)12-10-16-5-4-6-18(13-16)26(28)29/h2-14H,1H3,(H,24,27)/b12-10+. The molecule has 0 atom stereocenters. The third kappa shape index (κ3) is 4.10. The number of non-ortho nitro benzene ring substituents is 1. The average Bonchev–Trinajstić information content (AvgIpc) is 3.18. The molecule has 4 aromatic rings. The van der Waals surface area contributed by atoms with Gasteiger partial charge in [0.15, 0.2) is 5.58 Å². The number of anilines is 1. The zero-order chi connectivity index (χ0) is 21.1. The average molecular weight is 399 g/mol. The Hall–Kier alpha value is -4.26. The molecule has 7 heteroatoms. The normalized spacial score (nSPS) is 11.1. The number of aromatic nitrogens is 1. The van der Waals surface area contributed by atoms with Crippen molar-refractivity contribution in [1.29, 1.82) is 0 Å². The van der Waals surface area contributed by atoms with Crippen LogP contribution in [0.15, 0.2) is 77.2 Å². The van der Waals surface area contributed by atoms with Gasteiger partial charge >= 0.3 is 0 Å². The van der Waals surface area contributed by atoms with Gasteiger partial charge in [0.05, 0.1) is 4.92 Å². The van der Waals surface area contributed by atoms with Crippen molar-refractivity contribution in [3.05, 3.63) is 94.0 Å². The first-order chi connectivity index (χ1) is 14.5. The van der Waals surface area contributed by atoms with E-state index in [1.54, 1.807) is 18.2 Å². The van der Waals surface area contributed by atoms with Crippen LogP contribution in [0.4, 0.5) is 11.4 Å². The summed E-state index contributed by atoms with van der Waals surface area (Å²) < 4.78 is 5.80. The van der Waals surface area contributed by atoms with E-state index in [0.717, 1.165) is 16.6 Å². The van der Waals surface area contributed by atoms with Gasteiger partial charge in [-0.15, -0.1) is 0 Å². The predicted octanol–water partition coefficient (Wildman–Crippen LogP) is 5.36. The number of benzene rings is 3. The number of nitrogens with one attached hydrogen (secondary N) is 1. The fourth-order valence-electron chi connectivity index (χ4n) is 2.97. The van der Waals surface area contributed by atoms with Gasteiger partial charge in [-0.25, -0.2) is 4.98 Å². The summed E-state index contributed by atoms with van der Waals surface area (Å²) in [5, 5.41) is 13.7. The van der Waals surface area contributed by atoms with Crippen LogP contribution in [0, 0.1) is 17.0 Å². The van der Waals surface area contributed by atoms with Crippen molar-refractivity contribution in [1.82, 2.24) is 4.98 Å². The number of para-hydroxylation sites is 2. The van der Waals surface area contributed by atoms with Crippen molar-refractivity contribution >= 4 is 34.5 Å². The third-order valence-electron chi connectivity index (χ3n) is 4.54. The summed E-state index contributed by atoms with van der Waals surface area (Å²) in [5.74, 6) is 0.123. The maximum Gasteiger partial charge on any atom is 0.270 e. The highest BCUT2D eigenvalue weighted by Crippen LogP contribution is 2.28. The molecule has 0 bridgehead atoms. The van der Waals surface area contributed by atoms with E-state index in [4.69, 9.17) is 4.42 Å². The Kier molecular flexibility index (Phi) is 5.09. The number of rotatable bonds is 5. The second kappa shape index (κ2) is 8.00. The first kappa shape index (κ1) is 19.1. The summed E-state index contributed by atoms with van der Waals surface area (Å²) in [7, 11) is 0. The Morgan fingerprint density at radius 2 is 1.93 bits per heavy atom. The Morgan fingerprint density at radius 1 is 1.10 bits per heavy atom. The largest absolute Gasteiger partial charge is 0.436 e. The molecule has 1 amide bonds. The molecule has 3 aromatic carbocycles. The van der Waals surface area contributed by atoms with Gasteiger partial charge in [-0.05, 0) is 48.4 Å². The number of nitrogens with zero attached hydrogens (tertiary/aromatic N) is 2. The first-order valence-electron chi connectivity index (χ1n) is 9.20. The van der Waals surface area contributed by atoms with E-state index >= 15 is 0 Å². The maximum atomic E-state index is 12.4. The molecule has 0 saturated heterocycles. The highest BCUT2D eigenvalue weighted by atomic mass is 16.6. The van der Waals surface area contributed by atoms with E-state index in [1.807, 2.05) is 43.3 Å². The second-order valence-corrected chi connectivity index (χ2v) is 6.69. The van der Waals surface area contributed by atoms with Crippen LogP contribution in [0.3, 0.4) is 0 Å². The molecule has 0 saturated carbocycles. The topological polar surface area (TPSA) is 98.3 Å². The van der Waals surface area contributed by atoms with Gasteiger partial charge in [0.25, 0.3) is 5.69 Å². The quantitative estimate of drug-likeness (QED) is 0.277. The lowest BCUT2D eigenvalue weighted by Gasteiger charge is -2.08. The van der Waals surface area contributed by atoms with Gasteiger partial charge in [-0.2, -0.15) is 0 Å². The minimum Gasteiger partial charge on any atom is -0.436 e. The lowest BCUT2D eigenvalue weighted by Crippen LogP contribution is -2.09. The zero-order valence-electron chi connectivity index (χ0n) is 16.0. The first-order valence-corrected chi connectivity index (χ1v) is 9.20. The minimum atomic E-state index is -0.474. The van der Waals surface area contributed by atoms with Crippen LogP contribution in [0.1, 0.15) is 11.1 Å². The lowest BCUT2D eigenvalue weighted by molar-refractivity contribution is -0.384. The second-order valence-electron chi connectivity index (χ2n) is 6.69. The van der Waals surface area contributed by atoms with Crippen molar-refractivity contribution < 1.29 is 14.1 Å². The number of fused-ring (bicyclic) bond motifs is 1. The van der Waals surface area contributed by atoms with Crippen LogP contribution < -0.4 is 5.32 Å². The molecule has 0 unspecified atom stereocenters. The molecule has 0 aliphatic carbocycles. The van der Waals surface area contributed by atoms with E-state index < -0.39 is 4.92 Å². The van der Waals surface area contributed by atoms with Crippen LogP contribution in [0.25, 0.3) is 28.6 Å². The van der Waals surface area contributed by atoms with Crippen LogP contribution >= 0.6 is 0 Å². The summed E-state index contributed by atoms with van der Waals surface area (Å²) >= 11 is 0. The molecule has 1 heterocycles. The fraction of sp³-hybridized carbons (Fsp3) is 0.0435. The summed E-state index contributed by atoms with van der Waals surface area (Å²) in [6.45, 7) is 1.88. The number of oxazole rings is 1. The number of carbonyl (C=O) groups excluding carboxylic acids is 1. The Labute approximate surface area is 171 Å². The highest BCUT2D eigenvalue weighted by Gasteiger charge is 2.11. The number of aryl methyl sites for hydroxylation is 1. The number of hydrogen-bond acceptors (Lipinski definition) is 5. The van der Waals surface area contributed by atoms with Gasteiger partial charge in [0.1, 0.15) is 5.52 Å². The van der Waals surface area contributed by atoms with Crippen molar-refractivity contribution in [3.8, 4) is 11.5 Å². The maximum absolute atomic E-state index is 12.4. The number of amides is 1. The van der Waals surface area contributed by atoms with Crippen molar-refractivity contribution in [2.45, 2.75) is 6.92 Å². The molecule has 7 nitrogen and oxygen atoms in total. The molecular formula is C23H17N3O4. The number of nitro groups is 1. The summed E-state index contributed by atoms with van der Waals surface area (Å²) in [5.41, 5.74) is 4.25. The highest BCUT2D eigenvalue weighted by molar-refractivity contribution is 6.02. The third-order valence-corrected chi connectivity index (χ3v) is 4.54. The Balaban J connectivity index is 1.54. The molecule has 0 spiro atoms. The van der Waals surface area contributed by atoms with Crippen molar-refractivity contribution in [2.24, 2.45) is 0 Å². The molecule has 0 aliphatic heterocycles. The van der Waals surface area contributed by atoms with Gasteiger partial charge < -0.3 is 9.73 Å². The van der Waals surface area contributed by atoms with Crippen molar-refractivity contribution in [3.63, 3.8) is 0 Å². The monoisotopic (exact) mass is 399 g/mol. The number of nitro benzene ring substituents is 1.